The predicted molar refractivity (Wildman–Crippen MR) is 78.1 cm³/mol. The molecule has 0 aliphatic heterocycles. The molecular formula is C15H9BrF2N2O2. The molecule has 0 fully saturated rings. The van der Waals surface area contributed by atoms with Crippen molar-refractivity contribution in [3.63, 3.8) is 0 Å². The number of nitrogens with zero attached hydrogens (tertiary/aromatic N) is 2. The second kappa shape index (κ2) is 6.23. The topological polar surface area (TPSA) is 48.2 Å². The van der Waals surface area contributed by atoms with Crippen LogP contribution in [0.5, 0.6) is 5.75 Å². The lowest BCUT2D eigenvalue weighted by molar-refractivity contribution is 0.241. The quantitative estimate of drug-likeness (QED) is 0.688. The van der Waals surface area contributed by atoms with Crippen molar-refractivity contribution in [3.05, 3.63) is 64.5 Å². The molecule has 0 aliphatic rings. The van der Waals surface area contributed by atoms with Crippen molar-refractivity contribution in [2.24, 2.45) is 0 Å². The van der Waals surface area contributed by atoms with Crippen molar-refractivity contribution in [1.82, 2.24) is 10.1 Å². The summed E-state index contributed by atoms with van der Waals surface area (Å²) in [5.41, 5.74) is 0.789. The molecule has 4 nitrogen and oxygen atoms in total. The number of hydrogen-bond acceptors (Lipinski definition) is 4. The number of rotatable bonds is 4. The van der Waals surface area contributed by atoms with E-state index in [2.05, 4.69) is 26.1 Å². The van der Waals surface area contributed by atoms with Gasteiger partial charge in [0.25, 0.3) is 5.89 Å². The van der Waals surface area contributed by atoms with Gasteiger partial charge in [-0.2, -0.15) is 4.98 Å². The molecule has 2 aromatic carbocycles. The molecule has 0 atom stereocenters. The van der Waals surface area contributed by atoms with Gasteiger partial charge in [0.2, 0.25) is 5.82 Å². The van der Waals surface area contributed by atoms with Gasteiger partial charge in [0.05, 0.1) is 0 Å². The van der Waals surface area contributed by atoms with Crippen LogP contribution >= 0.6 is 15.9 Å². The van der Waals surface area contributed by atoms with Crippen LogP contribution in [0.3, 0.4) is 0 Å². The molecule has 0 unspecified atom stereocenters. The summed E-state index contributed by atoms with van der Waals surface area (Å²) in [7, 11) is 0. The third-order valence-electron chi connectivity index (χ3n) is 2.80. The van der Waals surface area contributed by atoms with Gasteiger partial charge in [0.15, 0.2) is 18.2 Å². The third-order valence-corrected chi connectivity index (χ3v) is 3.30. The first-order valence-corrected chi connectivity index (χ1v) is 7.07. The van der Waals surface area contributed by atoms with E-state index >= 15 is 0 Å². The van der Waals surface area contributed by atoms with Gasteiger partial charge < -0.3 is 9.26 Å². The fourth-order valence-electron chi connectivity index (χ4n) is 1.77. The van der Waals surface area contributed by atoms with Crippen molar-refractivity contribution < 1.29 is 18.0 Å². The van der Waals surface area contributed by atoms with Crippen LogP contribution < -0.4 is 4.74 Å². The molecule has 0 radical (unpaired) electrons. The Bertz CT molecular complexity index is 808. The summed E-state index contributed by atoms with van der Waals surface area (Å²) < 4.78 is 37.1. The van der Waals surface area contributed by atoms with Gasteiger partial charge in [-0.3, -0.25) is 0 Å². The van der Waals surface area contributed by atoms with E-state index in [0.29, 0.717) is 5.82 Å². The van der Waals surface area contributed by atoms with Crippen molar-refractivity contribution in [2.75, 3.05) is 0 Å². The molecule has 0 aliphatic carbocycles. The van der Waals surface area contributed by atoms with E-state index in [1.165, 1.54) is 6.07 Å². The summed E-state index contributed by atoms with van der Waals surface area (Å²) in [6.45, 7) is -0.0356. The second-order valence-electron chi connectivity index (χ2n) is 4.39. The summed E-state index contributed by atoms with van der Waals surface area (Å²) in [6.07, 6.45) is 0. The Kier molecular flexibility index (Phi) is 4.15. The average molecular weight is 367 g/mol. The molecule has 3 rings (SSSR count). The van der Waals surface area contributed by atoms with Crippen LogP contribution in [0.1, 0.15) is 5.89 Å². The van der Waals surface area contributed by atoms with Crippen LogP contribution in [-0.4, -0.2) is 10.1 Å². The Morgan fingerprint density at radius 3 is 2.73 bits per heavy atom. The summed E-state index contributed by atoms with van der Waals surface area (Å²) in [5.74, 6) is -1.06. The van der Waals surface area contributed by atoms with Crippen LogP contribution in [0.2, 0.25) is 0 Å². The minimum atomic E-state index is -0.974. The number of ether oxygens (including phenoxy) is 1. The van der Waals surface area contributed by atoms with E-state index in [0.717, 1.165) is 22.2 Å². The molecule has 22 heavy (non-hydrogen) atoms. The Balaban J connectivity index is 1.70. The first-order valence-electron chi connectivity index (χ1n) is 6.28. The van der Waals surface area contributed by atoms with Crippen LogP contribution in [0, 0.1) is 11.6 Å². The Labute approximate surface area is 132 Å². The molecular weight excluding hydrogens is 358 g/mol. The maximum atomic E-state index is 13.1. The maximum Gasteiger partial charge on any atom is 0.264 e. The van der Waals surface area contributed by atoms with Crippen LogP contribution in [0.4, 0.5) is 8.78 Å². The van der Waals surface area contributed by atoms with Gasteiger partial charge >= 0.3 is 0 Å². The molecule has 3 aromatic rings. The molecule has 1 aromatic heterocycles. The molecule has 1 heterocycles. The lowest BCUT2D eigenvalue weighted by Gasteiger charge is -2.02. The standard InChI is InChI=1S/C15H9BrF2N2O2/c16-10-3-1-2-9(6-10)15-19-14(22-20-15)8-21-11-4-5-12(17)13(18)7-11/h1-7H,8H2. The zero-order valence-corrected chi connectivity index (χ0v) is 12.7. The smallest absolute Gasteiger partial charge is 0.264 e. The first-order chi connectivity index (χ1) is 10.6. The van der Waals surface area contributed by atoms with E-state index in [4.69, 9.17) is 9.26 Å². The number of benzene rings is 2. The molecule has 0 N–H and O–H groups in total. The van der Waals surface area contributed by atoms with Crippen LogP contribution in [0.15, 0.2) is 51.5 Å². The zero-order chi connectivity index (χ0) is 15.5. The predicted octanol–water partition coefficient (Wildman–Crippen LogP) is 4.36. The van der Waals surface area contributed by atoms with Gasteiger partial charge in [-0.15, -0.1) is 0 Å². The number of halogens is 3. The lowest BCUT2D eigenvalue weighted by Crippen LogP contribution is -1.97. The summed E-state index contributed by atoms with van der Waals surface area (Å²) in [6, 6.07) is 10.7. The Morgan fingerprint density at radius 2 is 1.95 bits per heavy atom. The monoisotopic (exact) mass is 366 g/mol. The molecule has 0 saturated heterocycles. The molecule has 7 heteroatoms. The van der Waals surface area contributed by atoms with Crippen LogP contribution in [-0.2, 0) is 6.61 Å². The number of hydrogen-bond donors (Lipinski definition) is 0. The fraction of sp³-hybridized carbons (Fsp3) is 0.0667. The second-order valence-corrected chi connectivity index (χ2v) is 5.30. The molecule has 0 spiro atoms. The van der Waals surface area contributed by atoms with Gasteiger partial charge in [-0.25, -0.2) is 8.78 Å². The highest BCUT2D eigenvalue weighted by molar-refractivity contribution is 9.10. The van der Waals surface area contributed by atoms with E-state index in [1.807, 2.05) is 24.3 Å². The van der Waals surface area contributed by atoms with Gasteiger partial charge in [-0.1, -0.05) is 33.2 Å². The minimum absolute atomic E-state index is 0.0356. The summed E-state index contributed by atoms with van der Waals surface area (Å²) in [5, 5.41) is 3.85. The van der Waals surface area contributed by atoms with Gasteiger partial charge in [-0.05, 0) is 24.3 Å². The highest BCUT2D eigenvalue weighted by atomic mass is 79.9. The fourth-order valence-corrected chi connectivity index (χ4v) is 2.17. The maximum absolute atomic E-state index is 13.1. The normalized spacial score (nSPS) is 10.7. The van der Waals surface area contributed by atoms with E-state index < -0.39 is 11.6 Å². The van der Waals surface area contributed by atoms with E-state index in [-0.39, 0.29) is 18.2 Å². The SMILES string of the molecule is Fc1ccc(OCc2nc(-c3cccc(Br)c3)no2)cc1F. The highest BCUT2D eigenvalue weighted by Crippen LogP contribution is 2.21. The Hall–Kier alpha value is -2.28. The van der Waals surface area contributed by atoms with E-state index in [1.54, 1.807) is 0 Å². The summed E-state index contributed by atoms with van der Waals surface area (Å²) in [4.78, 5) is 4.19. The lowest BCUT2D eigenvalue weighted by atomic mass is 10.2. The first kappa shape index (κ1) is 14.6. The Morgan fingerprint density at radius 1 is 1.09 bits per heavy atom. The van der Waals surface area contributed by atoms with Crippen molar-refractivity contribution in [1.29, 1.82) is 0 Å². The third kappa shape index (κ3) is 3.30. The molecule has 0 amide bonds. The molecule has 0 saturated carbocycles. The van der Waals surface area contributed by atoms with Crippen molar-refractivity contribution >= 4 is 15.9 Å². The minimum Gasteiger partial charge on any atom is -0.484 e. The molecule has 0 bridgehead atoms. The molecule has 112 valence electrons. The largest absolute Gasteiger partial charge is 0.484 e. The average Bonchev–Trinajstić information content (AvgIpc) is 2.97. The number of aromatic nitrogens is 2. The van der Waals surface area contributed by atoms with Gasteiger partial charge in [0, 0.05) is 16.1 Å². The highest BCUT2D eigenvalue weighted by Gasteiger charge is 2.10. The van der Waals surface area contributed by atoms with Gasteiger partial charge in [0.1, 0.15) is 5.75 Å². The zero-order valence-electron chi connectivity index (χ0n) is 11.1. The van der Waals surface area contributed by atoms with E-state index in [9.17, 15) is 8.78 Å². The van der Waals surface area contributed by atoms with Crippen LogP contribution in [0.25, 0.3) is 11.4 Å². The summed E-state index contributed by atoms with van der Waals surface area (Å²) >= 11 is 3.36. The van der Waals surface area contributed by atoms with Crippen molar-refractivity contribution in [3.8, 4) is 17.1 Å². The van der Waals surface area contributed by atoms with Crippen molar-refractivity contribution in [2.45, 2.75) is 6.61 Å².